The summed E-state index contributed by atoms with van der Waals surface area (Å²) in [6.45, 7) is 7.53. The van der Waals surface area contributed by atoms with Crippen LogP contribution in [0.5, 0.6) is 5.75 Å². The molecule has 0 spiro atoms. The molecule has 1 atom stereocenters. The van der Waals surface area contributed by atoms with Gasteiger partial charge in [0.2, 0.25) is 0 Å². The molecule has 196 valence electrons. The smallest absolute Gasteiger partial charge is 0.337 e. The molecule has 4 rings (SSSR count). The molecule has 2 heterocycles. The van der Waals surface area contributed by atoms with Gasteiger partial charge in [0.15, 0.2) is 0 Å². The summed E-state index contributed by atoms with van der Waals surface area (Å²) in [6, 6.07) is 16.9. The highest BCUT2D eigenvalue weighted by Crippen LogP contribution is 2.25. The van der Waals surface area contributed by atoms with E-state index in [-0.39, 0.29) is 18.0 Å². The first-order valence-electron chi connectivity index (χ1n) is 12.4. The lowest BCUT2D eigenvalue weighted by Gasteiger charge is -2.36. The molecule has 1 aliphatic heterocycles. The molecule has 0 radical (unpaired) electrons. The lowest BCUT2D eigenvalue weighted by Crippen LogP contribution is -2.49. The number of carbonyl (C=O) groups excluding carboxylic acids is 2. The van der Waals surface area contributed by atoms with Gasteiger partial charge in [-0.2, -0.15) is 0 Å². The number of furan rings is 1. The van der Waals surface area contributed by atoms with Gasteiger partial charge in [-0.15, -0.1) is 0 Å². The molecular formula is C29H34N2O6. The first-order chi connectivity index (χ1) is 17.9. The van der Waals surface area contributed by atoms with E-state index in [1.54, 1.807) is 19.2 Å². The van der Waals surface area contributed by atoms with Crippen LogP contribution in [0.3, 0.4) is 0 Å². The van der Waals surface area contributed by atoms with E-state index >= 15 is 0 Å². The van der Waals surface area contributed by atoms with Crippen LogP contribution in [0.25, 0.3) is 0 Å². The van der Waals surface area contributed by atoms with Crippen molar-refractivity contribution < 1.29 is 28.2 Å². The molecule has 0 bridgehead atoms. The lowest BCUT2D eigenvalue weighted by atomic mass is 10.1. The van der Waals surface area contributed by atoms with Crippen LogP contribution in [0.1, 0.15) is 49.5 Å². The van der Waals surface area contributed by atoms with Crippen LogP contribution in [0.15, 0.2) is 59.0 Å². The van der Waals surface area contributed by atoms with Gasteiger partial charge in [0.1, 0.15) is 17.3 Å². The van der Waals surface area contributed by atoms with Gasteiger partial charge >= 0.3 is 5.97 Å². The zero-order valence-electron chi connectivity index (χ0n) is 21.9. The van der Waals surface area contributed by atoms with Gasteiger partial charge in [0.25, 0.3) is 5.91 Å². The number of amides is 1. The molecule has 0 N–H and O–H groups in total. The van der Waals surface area contributed by atoms with E-state index < -0.39 is 0 Å². The van der Waals surface area contributed by atoms with Gasteiger partial charge in [-0.05, 0) is 55.3 Å². The zero-order valence-corrected chi connectivity index (χ0v) is 21.9. The normalized spacial score (nSPS) is 14.9. The van der Waals surface area contributed by atoms with Crippen molar-refractivity contribution in [3.8, 4) is 5.75 Å². The van der Waals surface area contributed by atoms with E-state index in [2.05, 4.69) is 4.90 Å². The molecular weight excluding hydrogens is 472 g/mol. The Hall–Kier alpha value is -3.62. The Balaban J connectivity index is 1.41. The quantitative estimate of drug-likeness (QED) is 0.398. The number of methoxy groups -OCH3 is 2. The van der Waals surface area contributed by atoms with Gasteiger partial charge in [-0.25, -0.2) is 4.79 Å². The largest absolute Gasteiger partial charge is 0.497 e. The molecule has 1 amide bonds. The predicted molar refractivity (Wildman–Crippen MR) is 139 cm³/mol. The van der Waals surface area contributed by atoms with E-state index in [9.17, 15) is 9.59 Å². The number of esters is 1. The minimum absolute atomic E-state index is 0.0185. The van der Waals surface area contributed by atoms with Crippen LogP contribution < -0.4 is 4.74 Å². The molecule has 1 aromatic heterocycles. The Bertz CT molecular complexity index is 1210. The minimum Gasteiger partial charge on any atom is -0.497 e. The van der Waals surface area contributed by atoms with Crippen molar-refractivity contribution in [3.05, 3.63) is 88.4 Å². The fourth-order valence-electron chi connectivity index (χ4n) is 4.53. The molecule has 1 aliphatic rings. The summed E-state index contributed by atoms with van der Waals surface area (Å²) < 4.78 is 22.2. The van der Waals surface area contributed by atoms with E-state index in [0.717, 1.165) is 35.7 Å². The third-order valence-corrected chi connectivity index (χ3v) is 6.65. The van der Waals surface area contributed by atoms with E-state index in [4.69, 9.17) is 18.6 Å². The van der Waals surface area contributed by atoms with Crippen molar-refractivity contribution in [1.82, 2.24) is 9.80 Å². The summed E-state index contributed by atoms with van der Waals surface area (Å²) in [7, 11) is 3.02. The van der Waals surface area contributed by atoms with Crippen LogP contribution in [0.4, 0.5) is 0 Å². The summed E-state index contributed by atoms with van der Waals surface area (Å²) in [5.74, 6) is 1.84. The van der Waals surface area contributed by atoms with Crippen LogP contribution in [0.2, 0.25) is 0 Å². The third-order valence-electron chi connectivity index (χ3n) is 6.65. The van der Waals surface area contributed by atoms with Crippen molar-refractivity contribution in [1.29, 1.82) is 0 Å². The third kappa shape index (κ3) is 6.58. The number of hydrogen-bond donors (Lipinski definition) is 0. The zero-order chi connectivity index (χ0) is 26.4. The van der Waals surface area contributed by atoms with Gasteiger partial charge in [-0.3, -0.25) is 9.69 Å². The molecule has 8 nitrogen and oxygen atoms in total. The molecule has 0 unspecified atom stereocenters. The summed E-state index contributed by atoms with van der Waals surface area (Å²) in [5.41, 5.74) is 3.13. The van der Waals surface area contributed by atoms with E-state index in [1.807, 2.05) is 61.2 Å². The fourth-order valence-corrected chi connectivity index (χ4v) is 4.53. The highest BCUT2D eigenvalue weighted by Gasteiger charge is 2.27. The van der Waals surface area contributed by atoms with Crippen LogP contribution >= 0.6 is 0 Å². The van der Waals surface area contributed by atoms with E-state index in [0.29, 0.717) is 43.1 Å². The Kier molecular flexibility index (Phi) is 8.63. The average Bonchev–Trinajstić information content (AvgIpc) is 3.28. The van der Waals surface area contributed by atoms with Crippen molar-refractivity contribution in [2.24, 2.45) is 0 Å². The van der Waals surface area contributed by atoms with Crippen LogP contribution in [-0.2, 0) is 16.1 Å². The van der Waals surface area contributed by atoms with Crippen molar-refractivity contribution >= 4 is 11.9 Å². The van der Waals surface area contributed by atoms with Gasteiger partial charge in [0, 0.05) is 32.7 Å². The van der Waals surface area contributed by atoms with Crippen molar-refractivity contribution in [2.45, 2.75) is 26.6 Å². The first-order valence-corrected chi connectivity index (χ1v) is 12.4. The minimum atomic E-state index is -0.364. The number of benzene rings is 2. The first kappa shape index (κ1) is 26.4. The highest BCUT2D eigenvalue weighted by molar-refractivity contribution is 5.95. The molecule has 8 heteroatoms. The number of ether oxygens (including phenoxy) is 3. The molecule has 2 aromatic carbocycles. The van der Waals surface area contributed by atoms with E-state index in [1.165, 1.54) is 7.11 Å². The maximum atomic E-state index is 13.0. The maximum Gasteiger partial charge on any atom is 0.337 e. The monoisotopic (exact) mass is 506 g/mol. The van der Waals surface area contributed by atoms with Gasteiger partial charge in [0.05, 0.1) is 38.1 Å². The average molecular weight is 507 g/mol. The summed E-state index contributed by atoms with van der Waals surface area (Å²) in [6.07, 6.45) is -0.198. The molecule has 3 aromatic rings. The second kappa shape index (κ2) is 12.1. The number of rotatable bonds is 9. The lowest BCUT2D eigenvalue weighted by molar-refractivity contribution is 0.00330. The van der Waals surface area contributed by atoms with Gasteiger partial charge < -0.3 is 23.5 Å². The van der Waals surface area contributed by atoms with Crippen LogP contribution in [-0.4, -0.2) is 68.6 Å². The molecule has 0 aliphatic carbocycles. The standard InChI is InChI=1S/C29H34N2O6/c1-20-16-26(21(2)37-20)28(32)31-14-12-30(13-15-31)18-27(24-6-5-7-25(17-24)34-3)36-19-22-8-10-23(11-9-22)29(33)35-4/h5-11,16-17,27H,12-15,18-19H2,1-4H3/t27-/m0/s1. The van der Waals surface area contributed by atoms with Gasteiger partial charge in [-0.1, -0.05) is 24.3 Å². The van der Waals surface area contributed by atoms with Crippen molar-refractivity contribution in [2.75, 3.05) is 46.9 Å². The summed E-state index contributed by atoms with van der Waals surface area (Å²) >= 11 is 0. The second-order valence-corrected chi connectivity index (χ2v) is 9.18. The molecule has 1 fully saturated rings. The topological polar surface area (TPSA) is 81.5 Å². The summed E-state index contributed by atoms with van der Waals surface area (Å²) in [4.78, 5) is 28.9. The Morgan fingerprint density at radius 2 is 1.70 bits per heavy atom. The fraction of sp³-hybridized carbons (Fsp3) is 0.379. The molecule has 37 heavy (non-hydrogen) atoms. The summed E-state index contributed by atoms with van der Waals surface area (Å²) in [5, 5.41) is 0. The number of aryl methyl sites for hydroxylation is 2. The SMILES string of the molecule is COC(=O)c1ccc(CO[C@@H](CN2CCN(C(=O)c3cc(C)oc3C)CC2)c2cccc(OC)c2)cc1. The highest BCUT2D eigenvalue weighted by atomic mass is 16.5. The second-order valence-electron chi connectivity index (χ2n) is 9.18. The predicted octanol–water partition coefficient (Wildman–Crippen LogP) is 4.41. The molecule has 1 saturated heterocycles. The van der Waals surface area contributed by atoms with Crippen molar-refractivity contribution in [3.63, 3.8) is 0 Å². The maximum absolute atomic E-state index is 13.0. The number of hydrogen-bond acceptors (Lipinski definition) is 7. The number of nitrogens with zero attached hydrogens (tertiary/aromatic N) is 2. The number of piperazine rings is 1. The Morgan fingerprint density at radius 1 is 0.973 bits per heavy atom. The van der Waals surface area contributed by atoms with Crippen LogP contribution in [0, 0.1) is 13.8 Å². The molecule has 0 saturated carbocycles. The number of carbonyl (C=O) groups is 2. The Morgan fingerprint density at radius 3 is 2.32 bits per heavy atom. The Labute approximate surface area is 217 Å².